The molecule has 0 heterocycles. The molecule has 1 aliphatic rings. The Morgan fingerprint density at radius 2 is 2.33 bits per heavy atom. The first-order chi connectivity index (χ1) is 4.11. The lowest BCUT2D eigenvalue weighted by Crippen LogP contribution is -2.12. The van der Waals surface area contributed by atoms with Crippen LogP contribution in [0.25, 0.3) is 0 Å². The summed E-state index contributed by atoms with van der Waals surface area (Å²) in [5.41, 5.74) is -0.00521. The van der Waals surface area contributed by atoms with E-state index in [1.807, 2.05) is 13.8 Å². The molecule has 2 heteroatoms. The Morgan fingerprint density at radius 3 is 2.44 bits per heavy atom. The molecule has 2 atom stereocenters. The summed E-state index contributed by atoms with van der Waals surface area (Å²) >= 11 is 3.43. The van der Waals surface area contributed by atoms with Crippen LogP contribution >= 0.6 is 15.9 Å². The summed E-state index contributed by atoms with van der Waals surface area (Å²) in [6, 6.07) is 0. The maximum atomic E-state index is 11.1. The van der Waals surface area contributed by atoms with Crippen LogP contribution in [0.3, 0.4) is 0 Å². The van der Waals surface area contributed by atoms with E-state index in [9.17, 15) is 4.79 Å². The molecule has 52 valence electrons. The highest BCUT2D eigenvalue weighted by atomic mass is 79.9. The Hall–Kier alpha value is 0.150. The van der Waals surface area contributed by atoms with Crippen LogP contribution in [0.4, 0.5) is 0 Å². The standard InChI is InChI=1S/C7H11BrO/c1-3-6(9)7(2)4-5(7)8/h5H,3-4H2,1-2H3. The summed E-state index contributed by atoms with van der Waals surface area (Å²) in [6.07, 6.45) is 1.71. The highest BCUT2D eigenvalue weighted by Crippen LogP contribution is 2.52. The van der Waals surface area contributed by atoms with Gasteiger partial charge in [0.05, 0.1) is 0 Å². The summed E-state index contributed by atoms with van der Waals surface area (Å²) < 4.78 is 0. The number of ketones is 1. The van der Waals surface area contributed by atoms with E-state index in [0.717, 1.165) is 6.42 Å². The number of alkyl halides is 1. The van der Waals surface area contributed by atoms with Crippen molar-refractivity contribution in [2.45, 2.75) is 31.5 Å². The van der Waals surface area contributed by atoms with E-state index < -0.39 is 0 Å². The molecule has 0 aliphatic heterocycles. The van der Waals surface area contributed by atoms with Crippen LogP contribution in [0.5, 0.6) is 0 Å². The molecule has 2 unspecified atom stereocenters. The monoisotopic (exact) mass is 190 g/mol. The van der Waals surface area contributed by atoms with E-state index in [-0.39, 0.29) is 5.41 Å². The summed E-state index contributed by atoms with van der Waals surface area (Å²) in [4.78, 5) is 11.5. The van der Waals surface area contributed by atoms with Crippen molar-refractivity contribution in [2.75, 3.05) is 0 Å². The Kier molecular flexibility index (Phi) is 1.68. The third-order valence-corrected chi connectivity index (χ3v) is 3.43. The third-order valence-electron chi connectivity index (χ3n) is 2.09. The van der Waals surface area contributed by atoms with Crippen LogP contribution in [-0.4, -0.2) is 10.6 Å². The van der Waals surface area contributed by atoms with E-state index in [1.165, 1.54) is 0 Å². The largest absolute Gasteiger partial charge is 0.299 e. The topological polar surface area (TPSA) is 17.1 Å². The molecular weight excluding hydrogens is 180 g/mol. The van der Waals surface area contributed by atoms with Gasteiger partial charge in [-0.1, -0.05) is 29.8 Å². The first-order valence-electron chi connectivity index (χ1n) is 3.28. The maximum Gasteiger partial charge on any atom is 0.139 e. The molecule has 0 saturated heterocycles. The second-order valence-corrected chi connectivity index (χ2v) is 3.97. The summed E-state index contributed by atoms with van der Waals surface area (Å²) in [5.74, 6) is 0.393. The number of Topliss-reactive ketones (excluding diaryl/α,β-unsaturated/α-hetero) is 1. The Labute approximate surface area is 64.0 Å². The van der Waals surface area contributed by atoms with E-state index in [4.69, 9.17) is 0 Å². The first-order valence-corrected chi connectivity index (χ1v) is 4.20. The van der Waals surface area contributed by atoms with E-state index in [0.29, 0.717) is 17.0 Å². The molecule has 0 N–H and O–H groups in total. The Balaban J connectivity index is 2.53. The normalized spacial score (nSPS) is 40.6. The van der Waals surface area contributed by atoms with Gasteiger partial charge in [0.25, 0.3) is 0 Å². The molecule has 1 rings (SSSR count). The SMILES string of the molecule is CCC(=O)C1(C)CC1Br. The van der Waals surface area contributed by atoms with Crippen molar-refractivity contribution in [1.29, 1.82) is 0 Å². The van der Waals surface area contributed by atoms with Gasteiger partial charge in [0.2, 0.25) is 0 Å². The van der Waals surface area contributed by atoms with Gasteiger partial charge in [0, 0.05) is 16.7 Å². The van der Waals surface area contributed by atoms with Crippen molar-refractivity contribution >= 4 is 21.7 Å². The molecule has 1 nitrogen and oxygen atoms in total. The lowest BCUT2D eigenvalue weighted by molar-refractivity contribution is -0.123. The molecular formula is C7H11BrO. The lowest BCUT2D eigenvalue weighted by Gasteiger charge is -2.03. The Bertz CT molecular complexity index is 144. The van der Waals surface area contributed by atoms with Gasteiger partial charge in [-0.05, 0) is 6.42 Å². The van der Waals surface area contributed by atoms with Gasteiger partial charge in [-0.3, -0.25) is 4.79 Å². The van der Waals surface area contributed by atoms with Crippen molar-refractivity contribution in [1.82, 2.24) is 0 Å². The number of rotatable bonds is 2. The molecule has 0 aromatic heterocycles. The molecule has 0 radical (unpaired) electrons. The van der Waals surface area contributed by atoms with Gasteiger partial charge in [0.1, 0.15) is 5.78 Å². The van der Waals surface area contributed by atoms with Gasteiger partial charge in [-0.2, -0.15) is 0 Å². The molecule has 9 heavy (non-hydrogen) atoms. The predicted octanol–water partition coefficient (Wildman–Crippen LogP) is 2.14. The molecule has 1 saturated carbocycles. The highest BCUT2D eigenvalue weighted by molar-refractivity contribution is 9.09. The minimum Gasteiger partial charge on any atom is -0.299 e. The molecule has 0 aromatic rings. The fourth-order valence-corrected chi connectivity index (χ4v) is 1.93. The van der Waals surface area contributed by atoms with E-state index in [2.05, 4.69) is 15.9 Å². The van der Waals surface area contributed by atoms with Crippen LogP contribution < -0.4 is 0 Å². The van der Waals surface area contributed by atoms with Gasteiger partial charge in [-0.15, -0.1) is 0 Å². The van der Waals surface area contributed by atoms with Crippen molar-refractivity contribution < 1.29 is 4.79 Å². The lowest BCUT2D eigenvalue weighted by atomic mass is 10.0. The van der Waals surface area contributed by atoms with Crippen LogP contribution in [0, 0.1) is 5.41 Å². The fraction of sp³-hybridized carbons (Fsp3) is 0.857. The minimum absolute atomic E-state index is 0.00521. The summed E-state index contributed by atoms with van der Waals surface area (Å²) in [5, 5.41) is 0. The second kappa shape index (κ2) is 2.08. The molecule has 0 amide bonds. The fourth-order valence-electron chi connectivity index (χ4n) is 1.01. The maximum absolute atomic E-state index is 11.1. The molecule has 1 aliphatic carbocycles. The average Bonchev–Trinajstić information content (AvgIpc) is 2.41. The smallest absolute Gasteiger partial charge is 0.139 e. The Morgan fingerprint density at radius 1 is 1.89 bits per heavy atom. The molecule has 0 aromatic carbocycles. The van der Waals surface area contributed by atoms with Crippen molar-refractivity contribution in [2.24, 2.45) is 5.41 Å². The van der Waals surface area contributed by atoms with Crippen LogP contribution in [-0.2, 0) is 4.79 Å². The summed E-state index contributed by atoms with van der Waals surface area (Å²) in [7, 11) is 0. The molecule has 0 bridgehead atoms. The van der Waals surface area contributed by atoms with Crippen molar-refractivity contribution in [3.63, 3.8) is 0 Å². The van der Waals surface area contributed by atoms with Crippen molar-refractivity contribution in [3.8, 4) is 0 Å². The van der Waals surface area contributed by atoms with E-state index in [1.54, 1.807) is 0 Å². The van der Waals surface area contributed by atoms with Crippen LogP contribution in [0.2, 0.25) is 0 Å². The van der Waals surface area contributed by atoms with Crippen LogP contribution in [0.1, 0.15) is 26.7 Å². The van der Waals surface area contributed by atoms with Crippen molar-refractivity contribution in [3.05, 3.63) is 0 Å². The zero-order valence-electron chi connectivity index (χ0n) is 5.78. The number of carbonyl (C=O) groups is 1. The molecule has 0 spiro atoms. The number of halogens is 1. The number of hydrogen-bond donors (Lipinski definition) is 0. The van der Waals surface area contributed by atoms with E-state index >= 15 is 0 Å². The van der Waals surface area contributed by atoms with Crippen LogP contribution in [0.15, 0.2) is 0 Å². The summed E-state index contributed by atoms with van der Waals surface area (Å²) in [6.45, 7) is 3.95. The highest BCUT2D eigenvalue weighted by Gasteiger charge is 2.53. The third kappa shape index (κ3) is 1.05. The zero-order valence-corrected chi connectivity index (χ0v) is 7.36. The predicted molar refractivity (Wildman–Crippen MR) is 40.7 cm³/mol. The second-order valence-electron chi connectivity index (χ2n) is 2.87. The zero-order chi connectivity index (χ0) is 7.07. The van der Waals surface area contributed by atoms with Gasteiger partial charge in [0.15, 0.2) is 0 Å². The first kappa shape index (κ1) is 7.26. The average molecular weight is 191 g/mol. The number of hydrogen-bond acceptors (Lipinski definition) is 1. The minimum atomic E-state index is -0.00521. The molecule has 1 fully saturated rings. The van der Waals surface area contributed by atoms with Gasteiger partial charge in [-0.25, -0.2) is 0 Å². The van der Waals surface area contributed by atoms with Gasteiger partial charge >= 0.3 is 0 Å². The van der Waals surface area contributed by atoms with Gasteiger partial charge < -0.3 is 0 Å². The quantitative estimate of drug-likeness (QED) is 0.611. The number of carbonyl (C=O) groups excluding carboxylic acids is 1.